The number of hydrogen-bond donors (Lipinski definition) is 1. The van der Waals surface area contributed by atoms with E-state index < -0.39 is 0 Å². The summed E-state index contributed by atoms with van der Waals surface area (Å²) in [6.45, 7) is 1.90. The van der Waals surface area contributed by atoms with Crippen LogP contribution < -0.4 is 4.74 Å². The summed E-state index contributed by atoms with van der Waals surface area (Å²) in [5, 5.41) is 1.57. The average Bonchev–Trinajstić information content (AvgIpc) is 2.82. The third kappa shape index (κ3) is 2.78. The van der Waals surface area contributed by atoms with Gasteiger partial charge in [-0.2, -0.15) is 0 Å². The van der Waals surface area contributed by atoms with Gasteiger partial charge in [0.1, 0.15) is 5.75 Å². The zero-order chi connectivity index (χ0) is 14.8. The second-order valence-electron chi connectivity index (χ2n) is 4.84. The predicted octanol–water partition coefficient (Wildman–Crippen LogP) is 4.39. The summed E-state index contributed by atoms with van der Waals surface area (Å²) in [4.78, 5) is 15.6. The lowest BCUT2D eigenvalue weighted by Crippen LogP contribution is -2.12. The summed E-state index contributed by atoms with van der Waals surface area (Å²) in [5.74, 6) is 0.588. The summed E-state index contributed by atoms with van der Waals surface area (Å²) in [5.41, 5.74) is 2.52. The first-order valence-electron chi connectivity index (χ1n) is 6.64. The molecule has 2 aromatic carbocycles. The number of H-pyrrole nitrogens is 1. The number of carbonyl (C=O) groups excluding carboxylic acids is 1. The molecule has 0 fully saturated rings. The van der Waals surface area contributed by atoms with E-state index in [2.05, 4.69) is 4.98 Å². The van der Waals surface area contributed by atoms with E-state index in [9.17, 15) is 4.79 Å². The molecule has 1 N–H and O–H groups in total. The molecule has 1 aromatic heterocycles. The molecule has 0 aliphatic rings. The van der Waals surface area contributed by atoms with Crippen LogP contribution in [0.15, 0.2) is 48.5 Å². The minimum absolute atomic E-state index is 0.00429. The van der Waals surface area contributed by atoms with Crippen molar-refractivity contribution in [2.45, 2.75) is 6.92 Å². The van der Waals surface area contributed by atoms with Gasteiger partial charge in [-0.1, -0.05) is 29.8 Å². The molecule has 0 saturated heterocycles. The molecule has 4 heteroatoms. The van der Waals surface area contributed by atoms with Crippen LogP contribution in [0, 0.1) is 6.92 Å². The lowest BCUT2D eigenvalue weighted by atomic mass is 10.1. The van der Waals surface area contributed by atoms with Crippen LogP contribution in [0.5, 0.6) is 5.75 Å². The lowest BCUT2D eigenvalue weighted by Gasteiger charge is -2.06. The van der Waals surface area contributed by atoms with Crippen LogP contribution in [0.2, 0.25) is 5.02 Å². The second kappa shape index (κ2) is 5.62. The molecule has 0 atom stereocenters. The largest absolute Gasteiger partial charge is 0.485 e. The number of fused-ring (bicyclic) bond motifs is 1. The number of hydrogen-bond acceptors (Lipinski definition) is 2. The van der Waals surface area contributed by atoms with Crippen molar-refractivity contribution in [2.75, 3.05) is 6.61 Å². The van der Waals surface area contributed by atoms with Crippen molar-refractivity contribution in [3.05, 3.63) is 64.8 Å². The Kier molecular flexibility index (Phi) is 3.67. The number of para-hydroxylation sites is 1. The van der Waals surface area contributed by atoms with E-state index in [4.69, 9.17) is 16.3 Å². The van der Waals surface area contributed by atoms with Crippen LogP contribution in [-0.4, -0.2) is 17.4 Å². The van der Waals surface area contributed by atoms with E-state index in [0.29, 0.717) is 16.3 Å². The van der Waals surface area contributed by atoms with Gasteiger partial charge in [0.2, 0.25) is 5.78 Å². The smallest absolute Gasteiger partial charge is 0.202 e. The van der Waals surface area contributed by atoms with Gasteiger partial charge >= 0.3 is 0 Å². The van der Waals surface area contributed by atoms with E-state index >= 15 is 0 Å². The Labute approximate surface area is 127 Å². The van der Waals surface area contributed by atoms with Crippen molar-refractivity contribution in [3.63, 3.8) is 0 Å². The maximum Gasteiger partial charge on any atom is 0.202 e. The number of carbonyl (C=O) groups is 1. The molecule has 3 aromatic rings. The van der Waals surface area contributed by atoms with E-state index in [-0.39, 0.29) is 12.4 Å². The molecule has 106 valence electrons. The first kappa shape index (κ1) is 13.7. The van der Waals surface area contributed by atoms with Crippen LogP contribution in [0.3, 0.4) is 0 Å². The number of ketones is 1. The van der Waals surface area contributed by atoms with Gasteiger partial charge in [0, 0.05) is 27.2 Å². The average molecular weight is 300 g/mol. The number of Topliss-reactive ketones (excluding diaryl/α,β-unsaturated/α-hetero) is 1. The Morgan fingerprint density at radius 3 is 2.62 bits per heavy atom. The molecule has 21 heavy (non-hydrogen) atoms. The third-order valence-electron chi connectivity index (χ3n) is 3.36. The van der Waals surface area contributed by atoms with Crippen molar-refractivity contribution in [1.29, 1.82) is 0 Å². The highest BCUT2D eigenvalue weighted by molar-refractivity contribution is 6.30. The summed E-state index contributed by atoms with van der Waals surface area (Å²) < 4.78 is 5.53. The van der Waals surface area contributed by atoms with E-state index in [0.717, 1.165) is 16.6 Å². The van der Waals surface area contributed by atoms with Crippen molar-refractivity contribution < 1.29 is 9.53 Å². The quantitative estimate of drug-likeness (QED) is 0.726. The van der Waals surface area contributed by atoms with Crippen LogP contribution in [0.1, 0.15) is 16.1 Å². The Bertz CT molecular complexity index is 790. The Hall–Kier alpha value is -2.26. The molecule has 0 spiro atoms. The van der Waals surface area contributed by atoms with Gasteiger partial charge in [0.25, 0.3) is 0 Å². The van der Waals surface area contributed by atoms with Crippen molar-refractivity contribution in [1.82, 2.24) is 4.98 Å². The molecular weight excluding hydrogens is 286 g/mol. The summed E-state index contributed by atoms with van der Waals surface area (Å²) in [6.07, 6.45) is 0. The molecule has 0 amide bonds. The number of nitrogens with one attached hydrogen (secondary N) is 1. The molecule has 0 aliphatic carbocycles. The zero-order valence-electron chi connectivity index (χ0n) is 11.5. The number of benzene rings is 2. The van der Waals surface area contributed by atoms with E-state index in [1.807, 2.05) is 31.2 Å². The first-order chi connectivity index (χ1) is 10.1. The molecular formula is C17H14ClNO2. The topological polar surface area (TPSA) is 42.1 Å². The molecule has 3 nitrogen and oxygen atoms in total. The maximum atomic E-state index is 12.4. The molecule has 0 radical (unpaired) electrons. The molecule has 0 unspecified atom stereocenters. The molecule has 0 bridgehead atoms. The SMILES string of the molecule is Cc1[nH]c2ccccc2c1C(=O)COc1ccc(Cl)cc1. The molecule has 0 aliphatic heterocycles. The first-order valence-corrected chi connectivity index (χ1v) is 7.02. The minimum atomic E-state index is -0.0418. The van der Waals surface area contributed by atoms with Gasteiger partial charge in [-0.25, -0.2) is 0 Å². The van der Waals surface area contributed by atoms with Gasteiger partial charge in [-0.3, -0.25) is 4.79 Å². The highest BCUT2D eigenvalue weighted by Crippen LogP contribution is 2.23. The number of aromatic nitrogens is 1. The Balaban J connectivity index is 1.81. The number of ether oxygens (including phenoxy) is 1. The number of rotatable bonds is 4. The van der Waals surface area contributed by atoms with Crippen molar-refractivity contribution >= 4 is 28.3 Å². The van der Waals surface area contributed by atoms with Gasteiger partial charge < -0.3 is 9.72 Å². The minimum Gasteiger partial charge on any atom is -0.485 e. The van der Waals surface area contributed by atoms with Crippen LogP contribution in [0.25, 0.3) is 10.9 Å². The van der Waals surface area contributed by atoms with Crippen LogP contribution in [0.4, 0.5) is 0 Å². The standard InChI is InChI=1S/C17H14ClNO2/c1-11-17(14-4-2-3-5-15(14)19-11)16(20)10-21-13-8-6-12(18)7-9-13/h2-9,19H,10H2,1H3. The second-order valence-corrected chi connectivity index (χ2v) is 5.27. The van der Waals surface area contributed by atoms with Gasteiger partial charge in [-0.05, 0) is 37.3 Å². The van der Waals surface area contributed by atoms with Crippen molar-refractivity contribution in [2.24, 2.45) is 0 Å². The normalized spacial score (nSPS) is 10.8. The number of halogens is 1. The Morgan fingerprint density at radius 1 is 1.14 bits per heavy atom. The van der Waals surface area contributed by atoms with Gasteiger partial charge in [-0.15, -0.1) is 0 Å². The predicted molar refractivity (Wildman–Crippen MR) is 84.3 cm³/mol. The summed E-state index contributed by atoms with van der Waals surface area (Å²) >= 11 is 5.82. The van der Waals surface area contributed by atoms with E-state index in [1.54, 1.807) is 24.3 Å². The maximum absolute atomic E-state index is 12.4. The molecule has 1 heterocycles. The molecule has 0 saturated carbocycles. The van der Waals surface area contributed by atoms with E-state index in [1.165, 1.54) is 0 Å². The third-order valence-corrected chi connectivity index (χ3v) is 3.61. The fourth-order valence-electron chi connectivity index (χ4n) is 2.39. The van der Waals surface area contributed by atoms with Crippen molar-refractivity contribution in [3.8, 4) is 5.75 Å². The lowest BCUT2D eigenvalue weighted by molar-refractivity contribution is 0.0922. The van der Waals surface area contributed by atoms with Gasteiger partial charge in [0.15, 0.2) is 6.61 Å². The van der Waals surface area contributed by atoms with Crippen LogP contribution in [-0.2, 0) is 0 Å². The highest BCUT2D eigenvalue weighted by atomic mass is 35.5. The Morgan fingerprint density at radius 2 is 1.86 bits per heavy atom. The molecule has 3 rings (SSSR count). The zero-order valence-corrected chi connectivity index (χ0v) is 12.3. The fraction of sp³-hybridized carbons (Fsp3) is 0.118. The summed E-state index contributed by atoms with van der Waals surface area (Å²) in [6, 6.07) is 14.7. The number of aryl methyl sites for hydroxylation is 1. The highest BCUT2D eigenvalue weighted by Gasteiger charge is 2.16. The van der Waals surface area contributed by atoms with Crippen LogP contribution >= 0.6 is 11.6 Å². The monoisotopic (exact) mass is 299 g/mol. The number of aromatic amines is 1. The van der Waals surface area contributed by atoms with Gasteiger partial charge in [0.05, 0.1) is 0 Å². The summed E-state index contributed by atoms with van der Waals surface area (Å²) in [7, 11) is 0. The fourth-order valence-corrected chi connectivity index (χ4v) is 2.51.